The minimum atomic E-state index is -4.47. The maximum absolute atomic E-state index is 12.8. The van der Waals surface area contributed by atoms with Crippen molar-refractivity contribution in [3.8, 4) is 5.82 Å². The third-order valence-electron chi connectivity index (χ3n) is 4.63. The summed E-state index contributed by atoms with van der Waals surface area (Å²) in [5.41, 5.74) is -0.326. The third kappa shape index (κ3) is 3.71. The van der Waals surface area contributed by atoms with Crippen LogP contribution < -0.4 is 5.32 Å². The Morgan fingerprint density at radius 3 is 2.64 bits per heavy atom. The Hall–Kier alpha value is -3.30. The highest BCUT2D eigenvalue weighted by Gasteiger charge is 2.36. The van der Waals surface area contributed by atoms with Gasteiger partial charge >= 0.3 is 6.18 Å². The van der Waals surface area contributed by atoms with Gasteiger partial charge in [0.15, 0.2) is 0 Å². The molecular weight excluding hydrogens is 373 g/mol. The molecule has 1 amide bonds. The molecule has 1 N–H and O–H groups in total. The number of halogens is 3. The summed E-state index contributed by atoms with van der Waals surface area (Å²) in [5, 5.41) is 2.82. The highest BCUT2D eigenvalue weighted by atomic mass is 19.4. The van der Waals surface area contributed by atoms with Crippen LogP contribution in [0.3, 0.4) is 0 Å². The Morgan fingerprint density at radius 1 is 1.14 bits per heavy atom. The average Bonchev–Trinajstić information content (AvgIpc) is 3.18. The molecule has 1 saturated carbocycles. The number of hydrogen-bond donors (Lipinski definition) is 1. The first-order chi connectivity index (χ1) is 13.4. The van der Waals surface area contributed by atoms with Gasteiger partial charge in [0, 0.05) is 30.8 Å². The predicted molar refractivity (Wildman–Crippen MR) is 91.6 cm³/mol. The van der Waals surface area contributed by atoms with E-state index in [1.54, 1.807) is 35.4 Å². The Bertz CT molecular complexity index is 983. The minimum Gasteiger partial charge on any atom is -0.347 e. The number of aromatic nitrogens is 5. The van der Waals surface area contributed by atoms with E-state index in [1.165, 1.54) is 12.4 Å². The first-order valence-corrected chi connectivity index (χ1v) is 8.55. The van der Waals surface area contributed by atoms with Gasteiger partial charge in [-0.2, -0.15) is 13.2 Å². The number of pyridine rings is 1. The number of carbonyl (C=O) groups excluding carboxylic acids is 1. The molecule has 0 radical (unpaired) electrons. The van der Waals surface area contributed by atoms with E-state index in [9.17, 15) is 18.0 Å². The van der Waals surface area contributed by atoms with Gasteiger partial charge in [-0.25, -0.2) is 15.0 Å². The number of nitrogens with one attached hydrogen (secondary N) is 1. The van der Waals surface area contributed by atoms with Crippen molar-refractivity contribution in [1.82, 2.24) is 29.8 Å². The van der Waals surface area contributed by atoms with Gasteiger partial charge in [-0.3, -0.25) is 14.3 Å². The van der Waals surface area contributed by atoms with Crippen LogP contribution >= 0.6 is 0 Å². The fraction of sp³-hybridized carbons (Fsp3) is 0.278. The van der Waals surface area contributed by atoms with Crippen LogP contribution in [0.25, 0.3) is 5.82 Å². The number of amides is 1. The van der Waals surface area contributed by atoms with E-state index in [0.717, 1.165) is 6.07 Å². The zero-order chi connectivity index (χ0) is 19.7. The van der Waals surface area contributed by atoms with Crippen LogP contribution in [0.1, 0.15) is 40.6 Å². The zero-order valence-electron chi connectivity index (χ0n) is 14.5. The monoisotopic (exact) mass is 388 g/mol. The van der Waals surface area contributed by atoms with Crippen LogP contribution in [0.15, 0.2) is 49.3 Å². The summed E-state index contributed by atoms with van der Waals surface area (Å²) in [4.78, 5) is 27.9. The molecule has 4 rings (SSSR count). The highest BCUT2D eigenvalue weighted by Crippen LogP contribution is 2.38. The van der Waals surface area contributed by atoms with Gasteiger partial charge in [0.25, 0.3) is 5.91 Å². The molecule has 144 valence electrons. The third-order valence-corrected chi connectivity index (χ3v) is 4.63. The summed E-state index contributed by atoms with van der Waals surface area (Å²) in [5.74, 6) is 0.0715. The zero-order valence-corrected chi connectivity index (χ0v) is 14.5. The van der Waals surface area contributed by atoms with Crippen molar-refractivity contribution in [3.63, 3.8) is 0 Å². The van der Waals surface area contributed by atoms with Crippen LogP contribution in [0, 0.1) is 0 Å². The maximum Gasteiger partial charge on any atom is 0.433 e. The number of rotatable bonds is 4. The Labute approximate surface area is 157 Å². The van der Waals surface area contributed by atoms with E-state index in [-0.39, 0.29) is 17.8 Å². The van der Waals surface area contributed by atoms with E-state index in [2.05, 4.69) is 25.3 Å². The predicted octanol–water partition coefficient (Wildman–Crippen LogP) is 2.75. The van der Waals surface area contributed by atoms with Crippen LogP contribution in [0.4, 0.5) is 13.2 Å². The number of hydrogen-bond acceptors (Lipinski definition) is 5. The normalized spacial score (nSPS) is 19.1. The molecule has 3 heterocycles. The lowest BCUT2D eigenvalue weighted by Crippen LogP contribution is -2.44. The summed E-state index contributed by atoms with van der Waals surface area (Å²) >= 11 is 0. The number of alkyl halides is 3. The second-order valence-electron chi connectivity index (χ2n) is 6.52. The van der Waals surface area contributed by atoms with Crippen molar-refractivity contribution >= 4 is 5.91 Å². The molecular formula is C18H15F3N6O. The highest BCUT2D eigenvalue weighted by molar-refractivity contribution is 5.90. The lowest BCUT2D eigenvalue weighted by atomic mass is 9.76. The van der Waals surface area contributed by atoms with Crippen molar-refractivity contribution in [2.24, 2.45) is 0 Å². The van der Waals surface area contributed by atoms with Crippen LogP contribution in [-0.4, -0.2) is 36.5 Å². The van der Waals surface area contributed by atoms with Gasteiger partial charge < -0.3 is 5.32 Å². The Kier molecular flexibility index (Phi) is 4.54. The summed E-state index contributed by atoms with van der Waals surface area (Å²) in [6.45, 7) is 0. The molecule has 0 atom stereocenters. The fourth-order valence-corrected chi connectivity index (χ4v) is 3.11. The first-order valence-electron chi connectivity index (χ1n) is 8.55. The quantitative estimate of drug-likeness (QED) is 0.743. The molecule has 3 aromatic rings. The molecule has 28 heavy (non-hydrogen) atoms. The molecule has 10 heteroatoms. The molecule has 0 spiro atoms. The summed E-state index contributed by atoms with van der Waals surface area (Å²) in [6, 6.07) is 4.16. The van der Waals surface area contributed by atoms with Crippen LogP contribution in [-0.2, 0) is 6.18 Å². The number of nitrogens with zero attached hydrogens (tertiary/aromatic N) is 5. The lowest BCUT2D eigenvalue weighted by Gasteiger charge is -2.36. The van der Waals surface area contributed by atoms with Gasteiger partial charge in [0.1, 0.15) is 17.8 Å². The lowest BCUT2D eigenvalue weighted by molar-refractivity contribution is -0.141. The topological polar surface area (TPSA) is 85.6 Å². The SMILES string of the molecule is O=C(NC1CC(c2ccnc(C(F)(F)F)c2)C1)c1nccc(-n2ccnc2)n1. The standard InChI is InChI=1S/C18H15F3N6O/c19-18(20,21)14-9-11(1-3-23-14)12-7-13(8-12)25-17(28)16-24-4-2-15(26-16)27-6-5-22-10-27/h1-6,9-10,12-13H,7-8H2,(H,25,28). The average molecular weight is 388 g/mol. The smallest absolute Gasteiger partial charge is 0.347 e. The van der Waals surface area contributed by atoms with E-state index >= 15 is 0 Å². The fourth-order valence-electron chi connectivity index (χ4n) is 3.11. The second kappa shape index (κ2) is 7.02. The molecule has 3 aromatic heterocycles. The molecule has 0 aliphatic heterocycles. The van der Waals surface area contributed by atoms with E-state index in [4.69, 9.17) is 0 Å². The summed E-state index contributed by atoms with van der Waals surface area (Å²) in [6.07, 6.45) is 4.14. The molecule has 0 bridgehead atoms. The molecule has 0 aromatic carbocycles. The van der Waals surface area contributed by atoms with Crippen molar-refractivity contribution in [2.45, 2.75) is 31.0 Å². The molecule has 1 fully saturated rings. The Morgan fingerprint density at radius 2 is 1.93 bits per heavy atom. The summed E-state index contributed by atoms with van der Waals surface area (Å²) < 4.78 is 40.0. The van der Waals surface area contributed by atoms with E-state index < -0.39 is 17.8 Å². The summed E-state index contributed by atoms with van der Waals surface area (Å²) in [7, 11) is 0. The van der Waals surface area contributed by atoms with Gasteiger partial charge in [-0.15, -0.1) is 0 Å². The minimum absolute atomic E-state index is 0.0259. The van der Waals surface area contributed by atoms with Crippen LogP contribution in [0.2, 0.25) is 0 Å². The van der Waals surface area contributed by atoms with Gasteiger partial charge in [0.2, 0.25) is 5.82 Å². The number of carbonyl (C=O) groups is 1. The Balaban J connectivity index is 1.37. The van der Waals surface area contributed by atoms with Crippen molar-refractivity contribution < 1.29 is 18.0 Å². The van der Waals surface area contributed by atoms with Crippen molar-refractivity contribution in [2.75, 3.05) is 0 Å². The second-order valence-corrected chi connectivity index (χ2v) is 6.52. The van der Waals surface area contributed by atoms with Crippen molar-refractivity contribution in [3.05, 3.63) is 66.4 Å². The molecule has 1 aliphatic carbocycles. The van der Waals surface area contributed by atoms with E-state index in [1.807, 2.05) is 0 Å². The van der Waals surface area contributed by atoms with Crippen LogP contribution in [0.5, 0.6) is 0 Å². The molecule has 7 nitrogen and oxygen atoms in total. The van der Waals surface area contributed by atoms with Crippen molar-refractivity contribution in [1.29, 1.82) is 0 Å². The van der Waals surface area contributed by atoms with Gasteiger partial charge in [-0.1, -0.05) is 0 Å². The number of imidazole rings is 1. The molecule has 0 unspecified atom stereocenters. The molecule has 0 saturated heterocycles. The van der Waals surface area contributed by atoms with Gasteiger partial charge in [0.05, 0.1) is 0 Å². The maximum atomic E-state index is 12.8. The molecule has 1 aliphatic rings. The van der Waals surface area contributed by atoms with Gasteiger partial charge in [-0.05, 0) is 42.5 Å². The first kappa shape index (κ1) is 18.1. The largest absolute Gasteiger partial charge is 0.433 e. The van der Waals surface area contributed by atoms with E-state index in [0.29, 0.717) is 24.2 Å².